The van der Waals surface area contributed by atoms with Gasteiger partial charge in [0.2, 0.25) is 0 Å². The van der Waals surface area contributed by atoms with Crippen molar-refractivity contribution in [3.8, 4) is 11.1 Å². The summed E-state index contributed by atoms with van der Waals surface area (Å²) in [5, 5.41) is 1.50. The van der Waals surface area contributed by atoms with Crippen LogP contribution >= 0.6 is 48.0 Å². The van der Waals surface area contributed by atoms with Crippen molar-refractivity contribution in [3.05, 3.63) is 156 Å². The molecule has 0 bridgehead atoms. The van der Waals surface area contributed by atoms with Crippen LogP contribution in [0.1, 0.15) is 60.6 Å². The molecule has 4 aromatic carbocycles. The Balaban J connectivity index is 0.00000230. The third-order valence-electron chi connectivity index (χ3n) is 8.78. The molecule has 0 spiro atoms. The minimum atomic E-state index is -3.85. The second-order valence-electron chi connectivity index (χ2n) is 12.6. The van der Waals surface area contributed by atoms with E-state index in [9.17, 15) is 0 Å². The van der Waals surface area contributed by atoms with Crippen molar-refractivity contribution in [2.24, 2.45) is 5.41 Å². The standard InChI is InChI=1S/C17H13.C9H13.2C7H5Cl.2ClH.Zr/c1-3-12-5-7-14-11-15-8-6-13(4-2)10-17(15)16(14)9-12;1-9(2,3)8-6-4-5-7-8;2*1-6-2-4-7(8)5-3-6;;;/h3-7,9-10H,1-2,11H2;6-7H,4H2,1-3H3;2*1-5H;2*1H;. The van der Waals surface area contributed by atoms with Crippen LogP contribution in [0.4, 0.5) is 0 Å². The van der Waals surface area contributed by atoms with Crippen LogP contribution in [-0.2, 0) is 25.7 Å². The van der Waals surface area contributed by atoms with Crippen molar-refractivity contribution in [3.63, 3.8) is 0 Å². The molecule has 0 amide bonds. The molecule has 0 saturated carbocycles. The van der Waals surface area contributed by atoms with Crippen LogP contribution in [-0.4, -0.2) is 7.42 Å². The Morgan fingerprint density at radius 2 is 1.22 bits per heavy atom. The van der Waals surface area contributed by atoms with Crippen LogP contribution in [0.15, 0.2) is 113 Å². The Morgan fingerprint density at radius 1 is 0.689 bits per heavy atom. The molecule has 45 heavy (non-hydrogen) atoms. The number of hydrogen-bond acceptors (Lipinski definition) is 0. The molecule has 4 aromatic rings. The largest absolute Gasteiger partial charge is 0.147 e. The maximum Gasteiger partial charge on any atom is -0.147 e. The molecule has 0 aromatic heterocycles. The number of allylic oxidation sites excluding steroid dienone is 4. The fourth-order valence-electron chi connectivity index (χ4n) is 6.46. The van der Waals surface area contributed by atoms with Gasteiger partial charge in [-0.25, -0.2) is 0 Å². The van der Waals surface area contributed by atoms with E-state index in [4.69, 9.17) is 23.2 Å². The van der Waals surface area contributed by atoms with Gasteiger partial charge in [0, 0.05) is 0 Å². The molecule has 0 unspecified atom stereocenters. The van der Waals surface area contributed by atoms with Gasteiger partial charge in [-0.1, -0.05) is 0 Å². The molecule has 0 nitrogen and oxygen atoms in total. The minimum absolute atomic E-state index is 0. The fraction of sp³-hybridized carbons (Fsp3) is 0.150. The van der Waals surface area contributed by atoms with E-state index in [1.807, 2.05) is 36.4 Å². The van der Waals surface area contributed by atoms with E-state index in [1.54, 1.807) is 3.28 Å². The zero-order valence-corrected chi connectivity index (χ0v) is 31.5. The van der Waals surface area contributed by atoms with Gasteiger partial charge >= 0.3 is 272 Å². The summed E-state index contributed by atoms with van der Waals surface area (Å²) in [5.41, 5.74) is 11.6. The number of benzene rings is 4. The molecule has 0 radical (unpaired) electrons. The van der Waals surface area contributed by atoms with Gasteiger partial charge in [-0.3, -0.25) is 0 Å². The summed E-state index contributed by atoms with van der Waals surface area (Å²) in [7, 11) is 0. The number of rotatable bonds is 6. The molecule has 0 fully saturated rings. The molecule has 6 rings (SSSR count). The molecule has 0 aliphatic heterocycles. The molecule has 2 aliphatic carbocycles. The third kappa shape index (κ3) is 7.15. The number of halogens is 4. The van der Waals surface area contributed by atoms with Gasteiger partial charge in [-0.15, -0.1) is 24.8 Å². The molecule has 0 heterocycles. The van der Waals surface area contributed by atoms with E-state index in [0.717, 1.165) is 34.0 Å². The first-order valence-electron chi connectivity index (χ1n) is 14.8. The van der Waals surface area contributed by atoms with Gasteiger partial charge in [0.1, 0.15) is 0 Å². The summed E-state index contributed by atoms with van der Waals surface area (Å²) in [6.07, 6.45) is 10.8. The molecule has 0 N–H and O–H groups in total. The molecule has 230 valence electrons. The maximum atomic E-state index is 6.38. The zero-order chi connectivity index (χ0) is 30.4. The number of fused-ring (bicyclic) bond motifs is 3. The van der Waals surface area contributed by atoms with Crippen LogP contribution in [0.5, 0.6) is 0 Å². The average molecular weight is 752 g/mol. The van der Waals surface area contributed by atoms with Crippen molar-refractivity contribution < 1.29 is 19.3 Å². The van der Waals surface area contributed by atoms with Gasteiger partial charge in [-0.2, -0.15) is 0 Å². The normalized spacial score (nSPS) is 13.0. The van der Waals surface area contributed by atoms with E-state index in [-0.39, 0.29) is 30.2 Å². The van der Waals surface area contributed by atoms with Gasteiger partial charge in [-0.05, 0) is 0 Å². The molecule has 0 saturated heterocycles. The SMILES string of the molecule is C=Cc1ccc2c(c1)-c1cc(C=C)c[c]([Zr](=[CH]c3ccc(Cl)cc3)(=[CH]c3ccc(Cl)cc3)[C]3=CC(C(C)(C)C)=CC3)c1C2.Cl.Cl. The first-order chi connectivity index (χ1) is 20.6. The van der Waals surface area contributed by atoms with E-state index < -0.39 is 19.3 Å². The van der Waals surface area contributed by atoms with Gasteiger partial charge in [0.25, 0.3) is 0 Å². The minimum Gasteiger partial charge on any atom is -0.147 e. The Bertz CT molecular complexity index is 1900. The molecule has 2 aliphatic rings. The molecule has 5 heteroatoms. The Kier molecular flexibility index (Phi) is 11.2. The van der Waals surface area contributed by atoms with E-state index >= 15 is 0 Å². The monoisotopic (exact) mass is 748 g/mol. The summed E-state index contributed by atoms with van der Waals surface area (Å²) < 4.78 is 8.30. The Morgan fingerprint density at radius 3 is 1.73 bits per heavy atom. The second-order valence-corrected chi connectivity index (χ2v) is 22.1. The average Bonchev–Trinajstić information content (AvgIpc) is 3.64. The quantitative estimate of drug-likeness (QED) is 0.162. The van der Waals surface area contributed by atoms with Crippen LogP contribution in [0, 0.1) is 5.41 Å². The summed E-state index contributed by atoms with van der Waals surface area (Å²) in [4.78, 5) is 0. The zero-order valence-electron chi connectivity index (χ0n) is 25.9. The first-order valence-corrected chi connectivity index (χ1v) is 20.8. The fourth-order valence-corrected chi connectivity index (χ4v) is 17.8. The predicted molar refractivity (Wildman–Crippen MR) is 202 cm³/mol. The van der Waals surface area contributed by atoms with Crippen molar-refractivity contribution in [2.45, 2.75) is 33.6 Å². The van der Waals surface area contributed by atoms with E-state index in [2.05, 4.69) is 108 Å². The predicted octanol–water partition coefficient (Wildman–Crippen LogP) is 11.4. The smallest absolute Gasteiger partial charge is 0.147 e. The van der Waals surface area contributed by atoms with Gasteiger partial charge < -0.3 is 0 Å². The summed E-state index contributed by atoms with van der Waals surface area (Å²) >= 11 is 8.91. The second kappa shape index (κ2) is 14.2. The number of hydrogen-bond donors (Lipinski definition) is 0. The summed E-state index contributed by atoms with van der Waals surface area (Å²) in [5.74, 6) is 0. The van der Waals surface area contributed by atoms with Crippen molar-refractivity contribution >= 4 is 70.9 Å². The third-order valence-corrected chi connectivity index (χ3v) is 19.9. The van der Waals surface area contributed by atoms with Gasteiger partial charge in [0.05, 0.1) is 0 Å². The van der Waals surface area contributed by atoms with Crippen molar-refractivity contribution in [1.82, 2.24) is 0 Å². The van der Waals surface area contributed by atoms with E-state index in [0.29, 0.717) is 0 Å². The molecular weight excluding hydrogens is 713 g/mol. The van der Waals surface area contributed by atoms with E-state index in [1.165, 1.54) is 42.2 Å². The topological polar surface area (TPSA) is 0 Å². The molecule has 0 atom stereocenters. The van der Waals surface area contributed by atoms with Gasteiger partial charge in [0.15, 0.2) is 0 Å². The first kappa shape index (κ1) is 35.5. The van der Waals surface area contributed by atoms with Crippen molar-refractivity contribution in [2.75, 3.05) is 0 Å². The van der Waals surface area contributed by atoms with Crippen LogP contribution in [0.25, 0.3) is 23.3 Å². The summed E-state index contributed by atoms with van der Waals surface area (Å²) in [6, 6.07) is 28.2. The molecular formula is C40H38Cl4Zr. The summed E-state index contributed by atoms with van der Waals surface area (Å²) in [6.45, 7) is 15.2. The van der Waals surface area contributed by atoms with Crippen LogP contribution in [0.2, 0.25) is 10.0 Å². The Hall–Kier alpha value is -2.38. The van der Waals surface area contributed by atoms with Crippen LogP contribution < -0.4 is 3.27 Å². The maximum absolute atomic E-state index is 6.38. The Labute approximate surface area is 294 Å². The van der Waals surface area contributed by atoms with Crippen LogP contribution in [0.3, 0.4) is 0 Å². The van der Waals surface area contributed by atoms with Crippen molar-refractivity contribution in [1.29, 1.82) is 0 Å².